The molecule has 6 N–H and O–H groups in total. The van der Waals surface area contributed by atoms with Gasteiger partial charge in [-0.3, -0.25) is 9.59 Å². The molecule has 0 radical (unpaired) electrons. The number of urea groups is 1. The maximum atomic E-state index is 13.0. The van der Waals surface area contributed by atoms with Crippen molar-refractivity contribution in [3.8, 4) is 11.1 Å². The highest BCUT2D eigenvalue weighted by atomic mass is 35.5. The Bertz CT molecular complexity index is 1240. The minimum Gasteiger partial charge on any atom is -0.481 e. The fourth-order valence-electron chi connectivity index (χ4n) is 3.26. The zero-order chi connectivity index (χ0) is 25.0. The fourth-order valence-corrected chi connectivity index (χ4v) is 3.49. The highest BCUT2D eigenvalue weighted by Crippen LogP contribution is 2.36. The number of anilines is 2. The first-order valence-electron chi connectivity index (χ1n) is 9.72. The van der Waals surface area contributed by atoms with Crippen molar-refractivity contribution in [1.82, 2.24) is 4.98 Å². The third-order valence-electron chi connectivity index (χ3n) is 4.78. The van der Waals surface area contributed by atoms with Gasteiger partial charge < -0.3 is 26.5 Å². The van der Waals surface area contributed by atoms with Gasteiger partial charge in [0.15, 0.2) is 0 Å². The van der Waals surface area contributed by atoms with Crippen molar-refractivity contribution in [2.24, 2.45) is 5.73 Å². The number of hydrogen-bond acceptors (Lipinski definition) is 3. The van der Waals surface area contributed by atoms with Gasteiger partial charge >= 0.3 is 18.2 Å². The summed E-state index contributed by atoms with van der Waals surface area (Å²) in [6.07, 6.45) is -3.15. The number of carbonyl (C=O) groups is 3. The molecule has 0 fully saturated rings. The normalized spacial score (nSPS) is 11.2. The lowest BCUT2D eigenvalue weighted by Gasteiger charge is -2.13. The molecule has 0 bridgehead atoms. The van der Waals surface area contributed by atoms with Crippen LogP contribution in [0.2, 0.25) is 5.02 Å². The van der Waals surface area contributed by atoms with Crippen LogP contribution in [0.1, 0.15) is 28.0 Å². The zero-order valence-electron chi connectivity index (χ0n) is 17.3. The molecule has 1 aromatic heterocycles. The second-order valence-corrected chi connectivity index (χ2v) is 7.58. The topological polar surface area (TPSA) is 137 Å². The first-order valence-corrected chi connectivity index (χ1v) is 10.1. The Labute approximate surface area is 195 Å². The maximum absolute atomic E-state index is 13.0. The molecule has 3 rings (SSSR count). The van der Waals surface area contributed by atoms with Crippen molar-refractivity contribution in [2.75, 3.05) is 10.6 Å². The molecule has 0 unspecified atom stereocenters. The molecule has 0 saturated heterocycles. The molecular weight excluding hydrogens is 477 g/mol. The van der Waals surface area contributed by atoms with Gasteiger partial charge in [0.05, 0.1) is 10.6 Å². The summed E-state index contributed by atoms with van der Waals surface area (Å²) in [5, 5.41) is 13.2. The van der Waals surface area contributed by atoms with Crippen LogP contribution in [0.15, 0.2) is 48.7 Å². The van der Waals surface area contributed by atoms with Gasteiger partial charge in [0.25, 0.3) is 5.91 Å². The van der Waals surface area contributed by atoms with Crippen LogP contribution in [-0.4, -0.2) is 28.0 Å². The van der Waals surface area contributed by atoms with Gasteiger partial charge in [-0.05, 0) is 47.9 Å². The number of halogens is 4. The van der Waals surface area contributed by atoms with E-state index in [1.165, 1.54) is 24.4 Å². The van der Waals surface area contributed by atoms with E-state index in [2.05, 4.69) is 15.6 Å². The third kappa shape index (κ3) is 5.87. The molecule has 0 aliphatic heterocycles. The standard InChI is InChI=1S/C22H18ClF3N4O4/c23-16-7-6-14(9-15(16)22(24,25)26)30-21(34)29-13-4-1-11(2-5-13)18-12(3-8-17(31)32)10-28-19(18)20(27)33/h1-2,4-7,9-10,28H,3,8H2,(H2,27,33)(H,31,32)(H2,29,30,34). The van der Waals surface area contributed by atoms with E-state index in [0.29, 0.717) is 22.4 Å². The van der Waals surface area contributed by atoms with E-state index in [0.717, 1.165) is 12.1 Å². The Balaban J connectivity index is 1.76. The number of primary amides is 1. The molecule has 0 aliphatic carbocycles. The fraction of sp³-hybridized carbons (Fsp3) is 0.136. The lowest BCUT2D eigenvalue weighted by molar-refractivity contribution is -0.138. The monoisotopic (exact) mass is 494 g/mol. The van der Waals surface area contributed by atoms with Crippen LogP contribution in [-0.2, 0) is 17.4 Å². The van der Waals surface area contributed by atoms with E-state index in [4.69, 9.17) is 22.4 Å². The van der Waals surface area contributed by atoms with Gasteiger partial charge in [0.2, 0.25) is 0 Å². The average Bonchev–Trinajstić information content (AvgIpc) is 3.17. The van der Waals surface area contributed by atoms with Crippen LogP contribution >= 0.6 is 11.6 Å². The first-order chi connectivity index (χ1) is 16.0. The number of amides is 3. The molecule has 2 aromatic carbocycles. The number of rotatable bonds is 7. The number of carboxylic acid groups (broad SMARTS) is 1. The smallest absolute Gasteiger partial charge is 0.417 e. The molecule has 0 saturated carbocycles. The molecule has 1 heterocycles. The van der Waals surface area contributed by atoms with Crippen LogP contribution in [0.5, 0.6) is 0 Å². The van der Waals surface area contributed by atoms with Gasteiger partial charge in [-0.2, -0.15) is 13.2 Å². The quantitative estimate of drug-likeness (QED) is 0.311. The van der Waals surface area contributed by atoms with Crippen molar-refractivity contribution >= 4 is 40.9 Å². The predicted octanol–water partition coefficient (Wildman–Crippen LogP) is 5.11. The van der Waals surface area contributed by atoms with Crippen molar-refractivity contribution in [2.45, 2.75) is 19.0 Å². The number of nitrogens with one attached hydrogen (secondary N) is 3. The Morgan fingerprint density at radius 3 is 2.24 bits per heavy atom. The second kappa shape index (κ2) is 9.87. The van der Waals surface area contributed by atoms with Gasteiger partial charge in [-0.15, -0.1) is 0 Å². The minimum atomic E-state index is -4.67. The van der Waals surface area contributed by atoms with E-state index >= 15 is 0 Å². The van der Waals surface area contributed by atoms with Crippen LogP contribution in [0.25, 0.3) is 11.1 Å². The first kappa shape index (κ1) is 24.6. The number of carboxylic acids is 1. The van der Waals surface area contributed by atoms with Crippen molar-refractivity contribution in [1.29, 1.82) is 0 Å². The number of aryl methyl sites for hydroxylation is 1. The van der Waals surface area contributed by atoms with Gasteiger partial charge in [-0.1, -0.05) is 23.7 Å². The summed E-state index contributed by atoms with van der Waals surface area (Å²) in [6, 6.07) is 8.39. The van der Waals surface area contributed by atoms with Gasteiger partial charge in [-0.25, -0.2) is 4.79 Å². The number of alkyl halides is 3. The largest absolute Gasteiger partial charge is 0.481 e. The Hall–Kier alpha value is -3.99. The highest BCUT2D eigenvalue weighted by Gasteiger charge is 2.33. The molecule has 0 atom stereocenters. The molecule has 0 aliphatic rings. The van der Waals surface area contributed by atoms with E-state index in [1.54, 1.807) is 12.1 Å². The molecule has 3 aromatic rings. The van der Waals surface area contributed by atoms with Crippen LogP contribution < -0.4 is 16.4 Å². The van der Waals surface area contributed by atoms with Crippen LogP contribution in [0.3, 0.4) is 0 Å². The Morgan fingerprint density at radius 1 is 1.03 bits per heavy atom. The number of carbonyl (C=O) groups excluding carboxylic acids is 2. The Kier molecular flexibility index (Phi) is 7.16. The van der Waals surface area contributed by atoms with E-state index < -0.39 is 34.7 Å². The zero-order valence-corrected chi connectivity index (χ0v) is 18.1. The number of aromatic amines is 1. The van der Waals surface area contributed by atoms with Crippen molar-refractivity contribution in [3.63, 3.8) is 0 Å². The van der Waals surface area contributed by atoms with Crippen molar-refractivity contribution < 1.29 is 32.7 Å². The molecule has 8 nitrogen and oxygen atoms in total. The summed E-state index contributed by atoms with van der Waals surface area (Å²) >= 11 is 5.57. The number of nitrogens with two attached hydrogens (primary N) is 1. The van der Waals surface area contributed by atoms with E-state index in [9.17, 15) is 27.6 Å². The van der Waals surface area contributed by atoms with Crippen LogP contribution in [0, 0.1) is 0 Å². The molecule has 0 spiro atoms. The second-order valence-electron chi connectivity index (χ2n) is 7.17. The highest BCUT2D eigenvalue weighted by molar-refractivity contribution is 6.31. The lowest BCUT2D eigenvalue weighted by Crippen LogP contribution is -2.20. The summed E-state index contributed by atoms with van der Waals surface area (Å²) < 4.78 is 39.0. The number of hydrogen-bond donors (Lipinski definition) is 5. The summed E-state index contributed by atoms with van der Waals surface area (Å²) in [5.74, 6) is -1.72. The van der Waals surface area contributed by atoms with Gasteiger partial charge in [0.1, 0.15) is 5.69 Å². The molecule has 34 heavy (non-hydrogen) atoms. The molecule has 12 heteroatoms. The molecular formula is C22H18ClF3N4O4. The summed E-state index contributed by atoms with van der Waals surface area (Å²) in [6.45, 7) is 0. The maximum Gasteiger partial charge on any atom is 0.417 e. The van der Waals surface area contributed by atoms with Gasteiger partial charge in [0, 0.05) is 29.6 Å². The summed E-state index contributed by atoms with van der Waals surface area (Å²) in [4.78, 5) is 37.7. The Morgan fingerprint density at radius 2 is 1.65 bits per heavy atom. The number of aromatic nitrogens is 1. The SMILES string of the molecule is NC(=O)c1[nH]cc(CCC(=O)O)c1-c1ccc(NC(=O)Nc2ccc(Cl)c(C(F)(F)F)c2)cc1. The van der Waals surface area contributed by atoms with E-state index in [1.807, 2.05) is 0 Å². The number of benzene rings is 2. The van der Waals surface area contributed by atoms with Crippen LogP contribution in [0.4, 0.5) is 29.3 Å². The third-order valence-corrected chi connectivity index (χ3v) is 5.11. The summed E-state index contributed by atoms with van der Waals surface area (Å²) in [5.41, 5.74) is 6.23. The molecule has 3 amide bonds. The number of H-pyrrole nitrogens is 1. The number of aliphatic carboxylic acids is 1. The predicted molar refractivity (Wildman–Crippen MR) is 120 cm³/mol. The van der Waals surface area contributed by atoms with E-state index in [-0.39, 0.29) is 24.2 Å². The average molecular weight is 495 g/mol. The summed E-state index contributed by atoms with van der Waals surface area (Å²) in [7, 11) is 0. The van der Waals surface area contributed by atoms with Crippen molar-refractivity contribution in [3.05, 3.63) is 70.5 Å². The lowest BCUT2D eigenvalue weighted by atomic mass is 9.98. The molecule has 178 valence electrons. The minimum absolute atomic E-state index is 0.104.